The average molecular weight is 321 g/mol. The van der Waals surface area contributed by atoms with Gasteiger partial charge in [0.05, 0.1) is 6.10 Å². The van der Waals surface area contributed by atoms with Gasteiger partial charge in [-0.3, -0.25) is 4.90 Å². The highest BCUT2D eigenvalue weighted by Gasteiger charge is 2.52. The standard InChI is InChI=1S/C17H23NO5/c1-13(2)23-15(19)17(21-3)10-7-11-18(17)16(20)22-12-14-8-5-4-6-9-14/h4-6,8-9,13H,7,10-12H2,1-3H3/t17-/m1/s1. The van der Waals surface area contributed by atoms with E-state index >= 15 is 0 Å². The fourth-order valence-corrected chi connectivity index (χ4v) is 2.64. The number of hydrogen-bond acceptors (Lipinski definition) is 5. The second-order valence-corrected chi connectivity index (χ2v) is 5.74. The number of amides is 1. The first-order valence-electron chi connectivity index (χ1n) is 7.74. The van der Waals surface area contributed by atoms with Crippen molar-refractivity contribution in [1.29, 1.82) is 0 Å². The highest BCUT2D eigenvalue weighted by atomic mass is 16.6. The normalized spacial score (nSPS) is 20.6. The third-order valence-corrected chi connectivity index (χ3v) is 3.76. The Morgan fingerprint density at radius 2 is 1.96 bits per heavy atom. The number of likely N-dealkylation sites (tertiary alicyclic amines) is 1. The molecule has 0 unspecified atom stereocenters. The number of hydrogen-bond donors (Lipinski definition) is 0. The molecule has 6 nitrogen and oxygen atoms in total. The van der Waals surface area contributed by atoms with Crippen molar-refractivity contribution in [2.45, 2.75) is 45.1 Å². The summed E-state index contributed by atoms with van der Waals surface area (Å²) in [5, 5.41) is 0. The predicted molar refractivity (Wildman–Crippen MR) is 83.5 cm³/mol. The molecule has 1 aromatic carbocycles. The lowest BCUT2D eigenvalue weighted by Gasteiger charge is -2.34. The summed E-state index contributed by atoms with van der Waals surface area (Å²) in [5.41, 5.74) is -0.509. The molecule has 1 fully saturated rings. The first-order chi connectivity index (χ1) is 11.0. The quantitative estimate of drug-likeness (QED) is 0.780. The van der Waals surface area contributed by atoms with E-state index in [9.17, 15) is 9.59 Å². The SMILES string of the molecule is CO[C@@]1(C(=O)OC(C)C)CCCN1C(=O)OCc1ccccc1. The zero-order chi connectivity index (χ0) is 16.9. The van der Waals surface area contributed by atoms with Gasteiger partial charge >= 0.3 is 12.1 Å². The third-order valence-electron chi connectivity index (χ3n) is 3.76. The summed E-state index contributed by atoms with van der Waals surface area (Å²) in [7, 11) is 1.41. The molecular weight excluding hydrogens is 298 g/mol. The van der Waals surface area contributed by atoms with E-state index in [0.29, 0.717) is 19.4 Å². The van der Waals surface area contributed by atoms with Crippen LogP contribution in [-0.2, 0) is 25.6 Å². The van der Waals surface area contributed by atoms with Crippen molar-refractivity contribution in [2.24, 2.45) is 0 Å². The summed E-state index contributed by atoms with van der Waals surface area (Å²) >= 11 is 0. The monoisotopic (exact) mass is 321 g/mol. The van der Waals surface area contributed by atoms with E-state index in [1.54, 1.807) is 13.8 Å². The topological polar surface area (TPSA) is 65.1 Å². The van der Waals surface area contributed by atoms with Crippen LogP contribution in [0.5, 0.6) is 0 Å². The van der Waals surface area contributed by atoms with Crippen LogP contribution in [0.1, 0.15) is 32.3 Å². The Labute approximate surface area is 136 Å². The largest absolute Gasteiger partial charge is 0.459 e. The zero-order valence-corrected chi connectivity index (χ0v) is 13.8. The Hall–Kier alpha value is -2.08. The minimum absolute atomic E-state index is 0.148. The fraction of sp³-hybridized carbons (Fsp3) is 0.529. The van der Waals surface area contributed by atoms with Gasteiger partial charge in [-0.25, -0.2) is 9.59 Å². The highest BCUT2D eigenvalue weighted by molar-refractivity contribution is 5.85. The molecule has 0 aromatic heterocycles. The Balaban J connectivity index is 2.06. The van der Waals surface area contributed by atoms with Crippen LogP contribution in [0.15, 0.2) is 30.3 Å². The van der Waals surface area contributed by atoms with Crippen molar-refractivity contribution in [1.82, 2.24) is 4.90 Å². The Morgan fingerprint density at radius 3 is 2.57 bits per heavy atom. The number of ether oxygens (including phenoxy) is 3. The van der Waals surface area contributed by atoms with Crippen molar-refractivity contribution in [3.05, 3.63) is 35.9 Å². The maximum atomic E-state index is 12.4. The number of benzene rings is 1. The molecular formula is C17H23NO5. The molecule has 0 N–H and O–H groups in total. The summed E-state index contributed by atoms with van der Waals surface area (Å²) in [6.07, 6.45) is 0.197. The number of esters is 1. The molecule has 1 heterocycles. The van der Waals surface area contributed by atoms with Gasteiger partial charge in [0.25, 0.3) is 0 Å². The molecule has 6 heteroatoms. The molecule has 1 aromatic rings. The van der Waals surface area contributed by atoms with Gasteiger partial charge in [0.2, 0.25) is 5.72 Å². The maximum absolute atomic E-state index is 12.4. The van der Waals surface area contributed by atoms with E-state index in [1.165, 1.54) is 12.0 Å². The molecule has 1 saturated heterocycles. The minimum Gasteiger partial charge on any atom is -0.459 e. The van der Waals surface area contributed by atoms with Crippen LogP contribution in [-0.4, -0.2) is 42.4 Å². The number of carbonyl (C=O) groups excluding carboxylic acids is 2. The number of rotatable bonds is 5. The van der Waals surface area contributed by atoms with Gasteiger partial charge < -0.3 is 14.2 Å². The van der Waals surface area contributed by atoms with Crippen molar-refractivity contribution in [2.75, 3.05) is 13.7 Å². The molecule has 1 aliphatic heterocycles. The number of nitrogens with zero attached hydrogens (tertiary/aromatic N) is 1. The molecule has 23 heavy (non-hydrogen) atoms. The lowest BCUT2D eigenvalue weighted by atomic mass is 10.1. The van der Waals surface area contributed by atoms with E-state index in [0.717, 1.165) is 5.56 Å². The molecule has 0 aliphatic carbocycles. The van der Waals surface area contributed by atoms with Gasteiger partial charge in [0, 0.05) is 20.1 Å². The molecule has 126 valence electrons. The summed E-state index contributed by atoms with van der Waals surface area (Å²) in [4.78, 5) is 26.1. The van der Waals surface area contributed by atoms with Gasteiger partial charge in [0.1, 0.15) is 6.61 Å². The smallest absolute Gasteiger partial charge is 0.412 e. The van der Waals surface area contributed by atoms with Crippen LogP contribution in [0.2, 0.25) is 0 Å². The number of carbonyl (C=O) groups is 2. The Morgan fingerprint density at radius 1 is 1.26 bits per heavy atom. The first-order valence-corrected chi connectivity index (χ1v) is 7.74. The van der Waals surface area contributed by atoms with Crippen LogP contribution in [0.4, 0.5) is 4.79 Å². The van der Waals surface area contributed by atoms with Crippen molar-refractivity contribution in [3.63, 3.8) is 0 Å². The Bertz CT molecular complexity index is 545. The molecule has 0 radical (unpaired) electrons. The molecule has 0 bridgehead atoms. The Kier molecular flexibility index (Phi) is 5.60. The van der Waals surface area contributed by atoms with Gasteiger partial charge in [-0.1, -0.05) is 30.3 Å². The van der Waals surface area contributed by atoms with Gasteiger partial charge in [-0.2, -0.15) is 0 Å². The summed E-state index contributed by atoms with van der Waals surface area (Å²) < 4.78 is 16.0. The summed E-state index contributed by atoms with van der Waals surface area (Å²) in [5.74, 6) is -0.552. The van der Waals surface area contributed by atoms with Gasteiger partial charge in [-0.15, -0.1) is 0 Å². The minimum atomic E-state index is -1.39. The van der Waals surface area contributed by atoms with E-state index < -0.39 is 17.8 Å². The average Bonchev–Trinajstić information content (AvgIpc) is 2.98. The third kappa shape index (κ3) is 3.82. The first kappa shape index (κ1) is 17.3. The van der Waals surface area contributed by atoms with E-state index in [-0.39, 0.29) is 12.7 Å². The summed E-state index contributed by atoms with van der Waals surface area (Å²) in [6, 6.07) is 9.38. The van der Waals surface area contributed by atoms with Crippen LogP contribution in [0.25, 0.3) is 0 Å². The molecule has 1 amide bonds. The molecule has 2 rings (SSSR count). The van der Waals surface area contributed by atoms with Crippen LogP contribution < -0.4 is 0 Å². The van der Waals surface area contributed by atoms with Crippen molar-refractivity contribution >= 4 is 12.1 Å². The maximum Gasteiger partial charge on any atom is 0.412 e. The van der Waals surface area contributed by atoms with Crippen LogP contribution in [0, 0.1) is 0 Å². The second-order valence-electron chi connectivity index (χ2n) is 5.74. The van der Waals surface area contributed by atoms with Crippen molar-refractivity contribution < 1.29 is 23.8 Å². The van der Waals surface area contributed by atoms with E-state index in [2.05, 4.69) is 0 Å². The fourth-order valence-electron chi connectivity index (χ4n) is 2.64. The van der Waals surface area contributed by atoms with Crippen LogP contribution in [0.3, 0.4) is 0 Å². The zero-order valence-electron chi connectivity index (χ0n) is 13.8. The molecule has 1 atom stereocenters. The highest BCUT2D eigenvalue weighted by Crippen LogP contribution is 2.32. The number of methoxy groups -OCH3 is 1. The lowest BCUT2D eigenvalue weighted by molar-refractivity contribution is -0.190. The van der Waals surface area contributed by atoms with Crippen molar-refractivity contribution in [3.8, 4) is 0 Å². The van der Waals surface area contributed by atoms with Gasteiger partial charge in [-0.05, 0) is 25.8 Å². The van der Waals surface area contributed by atoms with E-state index in [1.807, 2.05) is 30.3 Å². The van der Waals surface area contributed by atoms with Gasteiger partial charge in [0.15, 0.2) is 0 Å². The second kappa shape index (κ2) is 7.46. The lowest BCUT2D eigenvalue weighted by Crippen LogP contribution is -2.55. The van der Waals surface area contributed by atoms with Crippen LogP contribution >= 0.6 is 0 Å². The molecule has 0 saturated carbocycles. The predicted octanol–water partition coefficient (Wildman–Crippen LogP) is 2.71. The summed E-state index contributed by atoms with van der Waals surface area (Å²) in [6.45, 7) is 4.06. The molecule has 0 spiro atoms. The molecule has 1 aliphatic rings. The van der Waals surface area contributed by atoms with E-state index in [4.69, 9.17) is 14.2 Å².